The molecule has 24 heavy (non-hydrogen) atoms. The summed E-state index contributed by atoms with van der Waals surface area (Å²) in [5.41, 5.74) is 3.03. The molecule has 0 unspecified atom stereocenters. The van der Waals surface area contributed by atoms with E-state index in [4.69, 9.17) is 32.7 Å². The molecule has 0 amide bonds. The molecule has 1 N–H and O–H groups in total. The summed E-state index contributed by atoms with van der Waals surface area (Å²) in [6.45, 7) is 9.00. The summed E-state index contributed by atoms with van der Waals surface area (Å²) >= 11 is 12.5. The molecule has 130 valence electrons. The lowest BCUT2D eigenvalue weighted by molar-refractivity contribution is 0.224. The van der Waals surface area contributed by atoms with E-state index in [2.05, 4.69) is 5.32 Å². The smallest absolute Gasteiger partial charge is 0.180 e. The van der Waals surface area contributed by atoms with Gasteiger partial charge in [0.2, 0.25) is 0 Å². The molecule has 0 fully saturated rings. The average Bonchev–Trinajstić information content (AvgIpc) is 2.52. The minimum absolute atomic E-state index is 0.0281. The minimum Gasteiger partial charge on any atom is -0.490 e. The van der Waals surface area contributed by atoms with E-state index in [1.54, 1.807) is 0 Å². The molecule has 0 bridgehead atoms. The fourth-order valence-corrected chi connectivity index (χ4v) is 2.70. The molecule has 2 rings (SSSR count). The van der Waals surface area contributed by atoms with Gasteiger partial charge < -0.3 is 14.8 Å². The van der Waals surface area contributed by atoms with Crippen molar-refractivity contribution >= 4 is 28.9 Å². The number of hydrogen-bond acceptors (Lipinski definition) is 3. The number of anilines is 1. The van der Waals surface area contributed by atoms with Crippen molar-refractivity contribution < 1.29 is 9.47 Å². The maximum Gasteiger partial charge on any atom is 0.180 e. The molecule has 0 aliphatic rings. The molecule has 0 aliphatic heterocycles. The lowest BCUT2D eigenvalue weighted by Gasteiger charge is -2.17. The number of ether oxygens (including phenoxy) is 2. The summed E-state index contributed by atoms with van der Waals surface area (Å²) in [6.07, 6.45) is 0.0281. The predicted molar refractivity (Wildman–Crippen MR) is 102 cm³/mol. The van der Waals surface area contributed by atoms with E-state index in [0.717, 1.165) is 21.8 Å². The van der Waals surface area contributed by atoms with E-state index in [0.29, 0.717) is 29.7 Å². The summed E-state index contributed by atoms with van der Waals surface area (Å²) in [5, 5.41) is 4.64. The lowest BCUT2D eigenvalue weighted by atomic mass is 10.1. The summed E-state index contributed by atoms with van der Waals surface area (Å²) in [5.74, 6) is 1.26. The fourth-order valence-electron chi connectivity index (χ4n) is 2.24. The number of benzene rings is 2. The Bertz CT molecular complexity index is 702. The van der Waals surface area contributed by atoms with E-state index in [1.807, 2.05) is 58.0 Å². The van der Waals surface area contributed by atoms with Gasteiger partial charge in [0.05, 0.1) is 17.7 Å². The van der Waals surface area contributed by atoms with E-state index < -0.39 is 0 Å². The molecule has 3 nitrogen and oxygen atoms in total. The first-order valence-corrected chi connectivity index (χ1v) is 8.78. The lowest BCUT2D eigenvalue weighted by Crippen LogP contribution is -2.09. The van der Waals surface area contributed by atoms with Crippen molar-refractivity contribution in [2.24, 2.45) is 0 Å². The van der Waals surface area contributed by atoms with Gasteiger partial charge in [0.15, 0.2) is 11.5 Å². The van der Waals surface area contributed by atoms with Crippen LogP contribution in [0.2, 0.25) is 10.0 Å². The first-order valence-electron chi connectivity index (χ1n) is 8.02. The van der Waals surface area contributed by atoms with Crippen molar-refractivity contribution in [3.63, 3.8) is 0 Å². The van der Waals surface area contributed by atoms with Crippen LogP contribution in [-0.4, -0.2) is 12.7 Å². The summed E-state index contributed by atoms with van der Waals surface area (Å²) < 4.78 is 11.5. The second-order valence-corrected chi connectivity index (χ2v) is 6.64. The molecular weight excluding hydrogens is 345 g/mol. The minimum atomic E-state index is 0.0281. The molecule has 0 saturated heterocycles. The summed E-state index contributed by atoms with van der Waals surface area (Å²) in [4.78, 5) is 0. The van der Waals surface area contributed by atoms with Crippen LogP contribution in [0.3, 0.4) is 0 Å². The Morgan fingerprint density at radius 3 is 2.46 bits per heavy atom. The average molecular weight is 368 g/mol. The maximum atomic E-state index is 6.39. The molecule has 0 heterocycles. The normalized spacial score (nSPS) is 10.8. The van der Waals surface area contributed by atoms with Crippen LogP contribution in [0.1, 0.15) is 31.9 Å². The van der Waals surface area contributed by atoms with Crippen LogP contribution in [0.15, 0.2) is 30.3 Å². The summed E-state index contributed by atoms with van der Waals surface area (Å²) in [6, 6.07) is 9.75. The fraction of sp³-hybridized carbons (Fsp3) is 0.368. The SMILES string of the molecule is CCOc1cc(CNc2ccc(C)c(Cl)c2)cc(Cl)c1OC(C)C. The third-order valence-electron chi connectivity index (χ3n) is 3.39. The van der Waals surface area contributed by atoms with E-state index >= 15 is 0 Å². The van der Waals surface area contributed by atoms with Crippen LogP contribution in [-0.2, 0) is 6.54 Å². The van der Waals surface area contributed by atoms with Crippen molar-refractivity contribution in [3.05, 3.63) is 51.5 Å². The third kappa shape index (κ3) is 4.96. The van der Waals surface area contributed by atoms with Gasteiger partial charge in [-0.2, -0.15) is 0 Å². The van der Waals surface area contributed by atoms with Gasteiger partial charge in [0.1, 0.15) is 0 Å². The maximum absolute atomic E-state index is 6.39. The predicted octanol–water partition coefficient (Wildman–Crippen LogP) is 6.10. The Labute approximate surface area is 153 Å². The first-order chi connectivity index (χ1) is 11.4. The molecule has 5 heteroatoms. The van der Waals surface area contributed by atoms with E-state index in [-0.39, 0.29) is 6.10 Å². The van der Waals surface area contributed by atoms with E-state index in [1.165, 1.54) is 0 Å². The molecule has 0 aromatic heterocycles. The van der Waals surface area contributed by atoms with Crippen molar-refractivity contribution in [1.29, 1.82) is 0 Å². The van der Waals surface area contributed by atoms with Gasteiger partial charge in [0.25, 0.3) is 0 Å². The second kappa shape index (κ2) is 8.50. The highest BCUT2D eigenvalue weighted by atomic mass is 35.5. The van der Waals surface area contributed by atoms with Crippen molar-refractivity contribution in [3.8, 4) is 11.5 Å². The summed E-state index contributed by atoms with van der Waals surface area (Å²) in [7, 11) is 0. The Morgan fingerprint density at radius 1 is 1.08 bits per heavy atom. The molecule has 0 aliphatic carbocycles. The van der Waals surface area contributed by atoms with Crippen molar-refractivity contribution in [2.75, 3.05) is 11.9 Å². The number of halogens is 2. The van der Waals surface area contributed by atoms with Crippen molar-refractivity contribution in [1.82, 2.24) is 0 Å². The number of rotatable bonds is 7. The van der Waals surface area contributed by atoms with E-state index in [9.17, 15) is 0 Å². The Kier molecular flexibility index (Phi) is 6.64. The number of nitrogens with one attached hydrogen (secondary N) is 1. The molecule has 0 saturated carbocycles. The molecule has 2 aromatic carbocycles. The van der Waals surface area contributed by atoms with Gasteiger partial charge >= 0.3 is 0 Å². The van der Waals surface area contributed by atoms with Gasteiger partial charge in [-0.05, 0) is 63.1 Å². The largest absolute Gasteiger partial charge is 0.490 e. The zero-order valence-electron chi connectivity index (χ0n) is 14.5. The van der Waals surface area contributed by atoms with Crippen LogP contribution in [0.25, 0.3) is 0 Å². The van der Waals surface area contributed by atoms with Gasteiger partial charge in [-0.25, -0.2) is 0 Å². The van der Waals surface area contributed by atoms with Crippen LogP contribution in [0.5, 0.6) is 11.5 Å². The van der Waals surface area contributed by atoms with Gasteiger partial charge in [-0.1, -0.05) is 29.3 Å². The van der Waals surface area contributed by atoms with Crippen LogP contribution < -0.4 is 14.8 Å². The Hall–Kier alpha value is -1.58. The first kappa shape index (κ1) is 18.8. The van der Waals surface area contributed by atoms with Gasteiger partial charge in [-0.3, -0.25) is 0 Å². The quantitative estimate of drug-likeness (QED) is 0.641. The molecule has 2 aromatic rings. The zero-order chi connectivity index (χ0) is 17.7. The molecule has 0 spiro atoms. The number of hydrogen-bond donors (Lipinski definition) is 1. The molecule has 0 atom stereocenters. The number of aryl methyl sites for hydroxylation is 1. The molecule has 0 radical (unpaired) electrons. The topological polar surface area (TPSA) is 30.5 Å². The monoisotopic (exact) mass is 367 g/mol. The highest BCUT2D eigenvalue weighted by Gasteiger charge is 2.14. The Morgan fingerprint density at radius 2 is 1.83 bits per heavy atom. The van der Waals surface area contributed by atoms with Crippen LogP contribution in [0, 0.1) is 6.92 Å². The van der Waals surface area contributed by atoms with Gasteiger partial charge in [-0.15, -0.1) is 0 Å². The standard InChI is InChI=1S/C19H23Cl2NO2/c1-5-23-18-9-14(8-17(21)19(18)24-12(2)3)11-22-15-7-6-13(4)16(20)10-15/h6-10,12,22H,5,11H2,1-4H3. The zero-order valence-corrected chi connectivity index (χ0v) is 16.0. The highest BCUT2D eigenvalue weighted by Crippen LogP contribution is 2.37. The van der Waals surface area contributed by atoms with Crippen LogP contribution >= 0.6 is 23.2 Å². The highest BCUT2D eigenvalue weighted by molar-refractivity contribution is 6.32. The van der Waals surface area contributed by atoms with Crippen molar-refractivity contribution in [2.45, 2.75) is 40.3 Å². The third-order valence-corrected chi connectivity index (χ3v) is 4.08. The van der Waals surface area contributed by atoms with Crippen LogP contribution in [0.4, 0.5) is 5.69 Å². The van der Waals surface area contributed by atoms with Gasteiger partial charge in [0, 0.05) is 17.3 Å². The molecular formula is C19H23Cl2NO2. The second-order valence-electron chi connectivity index (χ2n) is 5.82. The Balaban J connectivity index is 2.19.